The van der Waals surface area contributed by atoms with E-state index in [9.17, 15) is 4.79 Å². The molecule has 0 bridgehead atoms. The highest BCUT2D eigenvalue weighted by molar-refractivity contribution is 6.33. The summed E-state index contributed by atoms with van der Waals surface area (Å²) in [5, 5.41) is 3.25. The van der Waals surface area contributed by atoms with Gasteiger partial charge in [-0.2, -0.15) is 0 Å². The van der Waals surface area contributed by atoms with Crippen LogP contribution in [-0.4, -0.2) is 20.9 Å². The van der Waals surface area contributed by atoms with Gasteiger partial charge in [-0.15, -0.1) is 0 Å². The average Bonchev–Trinajstić information content (AvgIpc) is 2.55. The zero-order valence-corrected chi connectivity index (χ0v) is 13.1. The first-order valence-corrected chi connectivity index (χ1v) is 7.32. The van der Waals surface area contributed by atoms with Crippen molar-refractivity contribution in [2.75, 3.05) is 5.32 Å². The second-order valence-corrected chi connectivity index (χ2v) is 5.35. The molecule has 3 rings (SSSR count). The third-order valence-electron chi connectivity index (χ3n) is 3.19. The number of hydrogen-bond acceptors (Lipinski definition) is 4. The van der Waals surface area contributed by atoms with Crippen LogP contribution in [0.3, 0.4) is 0 Å². The minimum atomic E-state index is -0.318. The lowest BCUT2D eigenvalue weighted by Crippen LogP contribution is -2.14. The number of rotatable bonds is 3. The van der Waals surface area contributed by atoms with Crippen LogP contribution < -0.4 is 5.32 Å². The summed E-state index contributed by atoms with van der Waals surface area (Å²) in [6, 6.07) is 10.6. The maximum atomic E-state index is 12.2. The topological polar surface area (TPSA) is 67.8 Å². The smallest absolute Gasteiger partial charge is 0.275 e. The van der Waals surface area contributed by atoms with Gasteiger partial charge in [-0.1, -0.05) is 11.6 Å². The zero-order valence-electron chi connectivity index (χ0n) is 12.3. The molecule has 0 unspecified atom stereocenters. The first-order chi connectivity index (χ1) is 11.1. The maximum absolute atomic E-state index is 12.2. The largest absolute Gasteiger partial charge is 0.305 e. The van der Waals surface area contributed by atoms with Gasteiger partial charge in [-0.05, 0) is 48.9 Å². The van der Waals surface area contributed by atoms with Crippen LogP contribution in [0.4, 0.5) is 5.82 Å². The van der Waals surface area contributed by atoms with E-state index >= 15 is 0 Å². The number of nitrogens with one attached hydrogen (secondary N) is 1. The molecule has 0 aliphatic rings. The van der Waals surface area contributed by atoms with Crippen molar-refractivity contribution in [3.8, 4) is 11.3 Å². The van der Waals surface area contributed by atoms with Crippen LogP contribution in [0.2, 0.25) is 5.02 Å². The van der Waals surface area contributed by atoms with E-state index in [1.165, 1.54) is 0 Å². The summed E-state index contributed by atoms with van der Waals surface area (Å²) in [7, 11) is 0. The molecule has 0 fully saturated rings. The van der Waals surface area contributed by atoms with E-state index in [4.69, 9.17) is 11.6 Å². The fourth-order valence-electron chi connectivity index (χ4n) is 2.05. The van der Waals surface area contributed by atoms with E-state index in [0.717, 1.165) is 11.1 Å². The Labute approximate surface area is 138 Å². The molecule has 3 aromatic heterocycles. The van der Waals surface area contributed by atoms with Crippen molar-refractivity contribution < 1.29 is 4.79 Å². The first kappa shape index (κ1) is 15.1. The van der Waals surface area contributed by atoms with Gasteiger partial charge in [0.1, 0.15) is 11.5 Å². The molecule has 114 valence electrons. The quantitative estimate of drug-likeness (QED) is 0.796. The minimum absolute atomic E-state index is 0.295. The van der Waals surface area contributed by atoms with Gasteiger partial charge in [-0.3, -0.25) is 14.8 Å². The molecule has 6 heteroatoms. The van der Waals surface area contributed by atoms with Gasteiger partial charge in [0.2, 0.25) is 0 Å². The summed E-state index contributed by atoms with van der Waals surface area (Å²) >= 11 is 6.11. The Morgan fingerprint density at radius 3 is 2.65 bits per heavy atom. The number of halogens is 1. The summed E-state index contributed by atoms with van der Waals surface area (Å²) in [5.74, 6) is 0.176. The molecule has 1 N–H and O–H groups in total. The number of aryl methyl sites for hydroxylation is 1. The Morgan fingerprint density at radius 2 is 1.96 bits per heavy atom. The van der Waals surface area contributed by atoms with Gasteiger partial charge in [0.15, 0.2) is 0 Å². The standard InChI is InChI=1S/C17H13ClN4O/c1-11-6-8-19-15(9-11)22-17(23)14-5-4-12(10-21-14)16-13(18)3-2-7-20-16/h2-10H,1H3,(H,19,22,23). The lowest BCUT2D eigenvalue weighted by atomic mass is 10.1. The van der Waals surface area contributed by atoms with Crippen molar-refractivity contribution in [1.29, 1.82) is 0 Å². The molecule has 0 aliphatic heterocycles. The highest BCUT2D eigenvalue weighted by atomic mass is 35.5. The van der Waals surface area contributed by atoms with Gasteiger partial charge < -0.3 is 5.32 Å². The predicted molar refractivity (Wildman–Crippen MR) is 89.4 cm³/mol. The van der Waals surface area contributed by atoms with Crippen molar-refractivity contribution in [1.82, 2.24) is 15.0 Å². The second kappa shape index (κ2) is 6.54. The highest BCUT2D eigenvalue weighted by Gasteiger charge is 2.10. The molecule has 0 saturated heterocycles. The summed E-state index contributed by atoms with van der Waals surface area (Å²) in [4.78, 5) is 24.7. The molecule has 23 heavy (non-hydrogen) atoms. The summed E-state index contributed by atoms with van der Waals surface area (Å²) in [5.41, 5.74) is 2.70. The number of anilines is 1. The molecule has 0 aromatic carbocycles. The minimum Gasteiger partial charge on any atom is -0.305 e. The van der Waals surface area contributed by atoms with Gasteiger partial charge in [0, 0.05) is 24.2 Å². The molecule has 3 heterocycles. The number of carbonyl (C=O) groups excluding carboxylic acids is 1. The van der Waals surface area contributed by atoms with E-state index in [-0.39, 0.29) is 5.91 Å². The van der Waals surface area contributed by atoms with E-state index in [2.05, 4.69) is 20.3 Å². The number of nitrogens with zero attached hydrogens (tertiary/aromatic N) is 3. The van der Waals surface area contributed by atoms with E-state index in [1.807, 2.05) is 13.0 Å². The van der Waals surface area contributed by atoms with Crippen LogP contribution in [-0.2, 0) is 0 Å². The van der Waals surface area contributed by atoms with Crippen LogP contribution >= 0.6 is 11.6 Å². The fraction of sp³-hybridized carbons (Fsp3) is 0.0588. The number of carbonyl (C=O) groups is 1. The third kappa shape index (κ3) is 3.52. The van der Waals surface area contributed by atoms with Crippen molar-refractivity contribution in [2.45, 2.75) is 6.92 Å². The van der Waals surface area contributed by atoms with Gasteiger partial charge >= 0.3 is 0 Å². The second-order valence-electron chi connectivity index (χ2n) is 4.94. The molecule has 1 amide bonds. The van der Waals surface area contributed by atoms with E-state index in [1.54, 1.807) is 48.9 Å². The van der Waals surface area contributed by atoms with Crippen LogP contribution in [0.5, 0.6) is 0 Å². The molecule has 3 aromatic rings. The molecule has 0 spiro atoms. The van der Waals surface area contributed by atoms with Crippen molar-refractivity contribution in [3.63, 3.8) is 0 Å². The Balaban J connectivity index is 1.79. The maximum Gasteiger partial charge on any atom is 0.275 e. The Bertz CT molecular complexity index is 849. The average molecular weight is 325 g/mol. The monoisotopic (exact) mass is 324 g/mol. The molecule has 5 nitrogen and oxygen atoms in total. The van der Waals surface area contributed by atoms with Crippen molar-refractivity contribution in [3.05, 3.63) is 71.3 Å². The SMILES string of the molecule is Cc1ccnc(NC(=O)c2ccc(-c3ncccc3Cl)cn2)c1. The van der Waals surface area contributed by atoms with Crippen LogP contribution in [0.1, 0.15) is 16.1 Å². The predicted octanol–water partition coefficient (Wildman–Crippen LogP) is 3.75. The number of aromatic nitrogens is 3. The summed E-state index contributed by atoms with van der Waals surface area (Å²) < 4.78 is 0. The molecule has 0 saturated carbocycles. The fourth-order valence-corrected chi connectivity index (χ4v) is 2.28. The van der Waals surface area contributed by atoms with Crippen molar-refractivity contribution in [2.24, 2.45) is 0 Å². The number of pyridine rings is 3. The molecule has 0 atom stereocenters. The molecular weight excluding hydrogens is 312 g/mol. The number of hydrogen-bond donors (Lipinski definition) is 1. The first-order valence-electron chi connectivity index (χ1n) is 6.94. The normalized spacial score (nSPS) is 10.3. The van der Waals surface area contributed by atoms with Gasteiger partial charge in [0.25, 0.3) is 5.91 Å². The number of amides is 1. The van der Waals surface area contributed by atoms with Gasteiger partial charge in [-0.25, -0.2) is 4.98 Å². The Morgan fingerprint density at radius 1 is 1.09 bits per heavy atom. The van der Waals surface area contributed by atoms with E-state index in [0.29, 0.717) is 22.2 Å². The van der Waals surface area contributed by atoms with Crippen LogP contribution in [0.15, 0.2) is 55.0 Å². The Hall–Kier alpha value is -2.79. The Kier molecular flexibility index (Phi) is 4.30. The zero-order chi connectivity index (χ0) is 16.2. The summed E-state index contributed by atoms with van der Waals surface area (Å²) in [6.07, 6.45) is 4.88. The molecular formula is C17H13ClN4O. The van der Waals surface area contributed by atoms with Crippen molar-refractivity contribution >= 4 is 23.3 Å². The summed E-state index contributed by atoms with van der Waals surface area (Å²) in [6.45, 7) is 1.93. The highest BCUT2D eigenvalue weighted by Crippen LogP contribution is 2.24. The lowest BCUT2D eigenvalue weighted by molar-refractivity contribution is 0.102. The lowest BCUT2D eigenvalue weighted by Gasteiger charge is -2.06. The molecule has 0 radical (unpaired) electrons. The molecule has 0 aliphatic carbocycles. The van der Waals surface area contributed by atoms with Gasteiger partial charge in [0.05, 0.1) is 10.7 Å². The van der Waals surface area contributed by atoms with Crippen LogP contribution in [0.25, 0.3) is 11.3 Å². The van der Waals surface area contributed by atoms with Crippen LogP contribution in [0, 0.1) is 6.92 Å². The van der Waals surface area contributed by atoms with E-state index < -0.39 is 0 Å². The third-order valence-corrected chi connectivity index (χ3v) is 3.49.